The summed E-state index contributed by atoms with van der Waals surface area (Å²) in [6.45, 7) is 0.809. The Hall–Kier alpha value is -1.60. The zero-order valence-corrected chi connectivity index (χ0v) is 14.0. The highest BCUT2D eigenvalue weighted by molar-refractivity contribution is 7.88. The lowest BCUT2D eigenvalue weighted by molar-refractivity contribution is -0.126. The third kappa shape index (κ3) is 3.67. The van der Waals surface area contributed by atoms with Crippen LogP contribution >= 0.6 is 0 Å². The number of fused-ring (bicyclic) bond motifs is 1. The van der Waals surface area contributed by atoms with E-state index < -0.39 is 16.1 Å². The highest BCUT2D eigenvalue weighted by Crippen LogP contribution is 2.28. The molecule has 1 fully saturated rings. The lowest BCUT2D eigenvalue weighted by atomic mass is 10.0. The van der Waals surface area contributed by atoms with Crippen molar-refractivity contribution in [2.75, 3.05) is 19.3 Å². The van der Waals surface area contributed by atoms with Crippen LogP contribution in [0.1, 0.15) is 24.8 Å². The number of rotatable bonds is 4. The topological polar surface area (TPSA) is 75.7 Å². The van der Waals surface area contributed by atoms with Gasteiger partial charge in [0.05, 0.1) is 12.8 Å². The van der Waals surface area contributed by atoms with Crippen molar-refractivity contribution >= 4 is 15.9 Å². The van der Waals surface area contributed by atoms with E-state index in [1.165, 1.54) is 4.31 Å². The molecule has 2 aliphatic heterocycles. The number of benzene rings is 1. The zero-order chi connectivity index (χ0) is 16.4. The normalized spacial score (nSPS) is 24.7. The number of para-hydroxylation sites is 1. The van der Waals surface area contributed by atoms with Crippen molar-refractivity contribution in [3.8, 4) is 5.75 Å². The van der Waals surface area contributed by atoms with Crippen LogP contribution in [0.2, 0.25) is 0 Å². The van der Waals surface area contributed by atoms with Gasteiger partial charge in [-0.3, -0.25) is 4.79 Å². The van der Waals surface area contributed by atoms with Gasteiger partial charge < -0.3 is 10.1 Å². The minimum atomic E-state index is -3.36. The molecule has 2 aliphatic rings. The Labute approximate surface area is 136 Å². The van der Waals surface area contributed by atoms with Crippen LogP contribution in [0.15, 0.2) is 24.3 Å². The van der Waals surface area contributed by atoms with Gasteiger partial charge in [-0.05, 0) is 24.5 Å². The quantitative estimate of drug-likeness (QED) is 0.886. The highest BCUT2D eigenvalue weighted by atomic mass is 32.2. The molecule has 0 spiro atoms. The fourth-order valence-electron chi connectivity index (χ4n) is 3.26. The van der Waals surface area contributed by atoms with Crippen LogP contribution in [0, 0.1) is 0 Å². The molecule has 1 amide bonds. The Bertz CT molecular complexity index is 664. The molecule has 0 aromatic heterocycles. The second-order valence-corrected chi connectivity index (χ2v) is 8.12. The van der Waals surface area contributed by atoms with Crippen molar-refractivity contribution in [2.45, 2.75) is 37.8 Å². The van der Waals surface area contributed by atoms with Crippen molar-refractivity contribution in [2.24, 2.45) is 0 Å². The van der Waals surface area contributed by atoms with Crippen molar-refractivity contribution in [3.63, 3.8) is 0 Å². The van der Waals surface area contributed by atoms with E-state index in [-0.39, 0.29) is 12.0 Å². The molecule has 6 nitrogen and oxygen atoms in total. The molecule has 2 atom stereocenters. The molecule has 3 rings (SSSR count). The van der Waals surface area contributed by atoms with Crippen LogP contribution in [0.4, 0.5) is 0 Å². The summed E-state index contributed by atoms with van der Waals surface area (Å²) < 4.78 is 30.8. The molecule has 0 radical (unpaired) electrons. The maximum atomic E-state index is 12.4. The summed E-state index contributed by atoms with van der Waals surface area (Å²) in [5.41, 5.74) is 1.14. The second-order valence-electron chi connectivity index (χ2n) is 6.18. The lowest BCUT2D eigenvalue weighted by Gasteiger charge is -2.32. The fourth-order valence-corrected chi connectivity index (χ4v) is 4.39. The maximum absolute atomic E-state index is 12.4. The van der Waals surface area contributed by atoms with Gasteiger partial charge in [0.2, 0.25) is 15.9 Å². The number of nitrogens with one attached hydrogen (secondary N) is 1. The Balaban J connectivity index is 1.57. The van der Waals surface area contributed by atoms with E-state index >= 15 is 0 Å². The Kier molecular flexibility index (Phi) is 4.59. The van der Waals surface area contributed by atoms with Crippen LogP contribution < -0.4 is 10.1 Å². The van der Waals surface area contributed by atoms with Gasteiger partial charge in [-0.25, -0.2) is 8.42 Å². The van der Waals surface area contributed by atoms with Crippen molar-refractivity contribution < 1.29 is 17.9 Å². The minimum absolute atomic E-state index is 0.0911. The largest absolute Gasteiger partial charge is 0.488 e. The van der Waals surface area contributed by atoms with E-state index in [1.54, 1.807) is 0 Å². The molecular weight excluding hydrogens is 316 g/mol. The minimum Gasteiger partial charge on any atom is -0.488 e. The first-order valence-corrected chi connectivity index (χ1v) is 9.79. The predicted octanol–water partition coefficient (Wildman–Crippen LogP) is 0.920. The van der Waals surface area contributed by atoms with Gasteiger partial charge in [0.25, 0.3) is 0 Å². The summed E-state index contributed by atoms with van der Waals surface area (Å²) in [6.07, 6.45) is 4.08. The number of hydrogen-bond donors (Lipinski definition) is 1. The summed E-state index contributed by atoms with van der Waals surface area (Å²) in [7, 11) is -3.36. The maximum Gasteiger partial charge on any atom is 0.238 e. The Morgan fingerprint density at radius 3 is 2.87 bits per heavy atom. The lowest BCUT2D eigenvalue weighted by Crippen LogP contribution is -2.52. The van der Waals surface area contributed by atoms with Crippen molar-refractivity contribution in [1.29, 1.82) is 0 Å². The highest BCUT2D eigenvalue weighted by Gasteiger charge is 2.34. The summed E-state index contributed by atoms with van der Waals surface area (Å²) in [4.78, 5) is 12.4. The Morgan fingerprint density at radius 1 is 1.35 bits per heavy atom. The molecule has 7 heteroatoms. The molecule has 1 aromatic carbocycles. The predicted molar refractivity (Wildman–Crippen MR) is 86.8 cm³/mol. The molecule has 2 heterocycles. The average molecular weight is 338 g/mol. The van der Waals surface area contributed by atoms with Gasteiger partial charge in [0, 0.05) is 13.0 Å². The van der Waals surface area contributed by atoms with Gasteiger partial charge in [-0.1, -0.05) is 24.6 Å². The first-order chi connectivity index (χ1) is 10.9. The number of nitrogens with zero attached hydrogens (tertiary/aromatic N) is 1. The van der Waals surface area contributed by atoms with Crippen LogP contribution in [0.25, 0.3) is 0 Å². The van der Waals surface area contributed by atoms with Gasteiger partial charge in [0.15, 0.2) is 0 Å². The third-order valence-corrected chi connectivity index (χ3v) is 5.69. The number of piperidine rings is 1. The second kappa shape index (κ2) is 6.49. The van der Waals surface area contributed by atoms with Crippen LogP contribution in [0.5, 0.6) is 5.75 Å². The molecule has 1 N–H and O–H groups in total. The fraction of sp³-hybridized carbons (Fsp3) is 0.562. The molecule has 0 unspecified atom stereocenters. The van der Waals surface area contributed by atoms with E-state index in [0.717, 1.165) is 36.8 Å². The molecule has 1 aromatic rings. The van der Waals surface area contributed by atoms with E-state index in [1.807, 2.05) is 24.3 Å². The number of carbonyl (C=O) groups excluding carboxylic acids is 1. The molecule has 0 bridgehead atoms. The van der Waals surface area contributed by atoms with Gasteiger partial charge in [-0.2, -0.15) is 4.31 Å². The van der Waals surface area contributed by atoms with Gasteiger partial charge >= 0.3 is 0 Å². The standard InChI is InChI=1S/C16H22N2O4S/c1-23(20,21)18-9-5-4-7-14(18)16(19)17-11-13-10-12-6-2-3-8-15(12)22-13/h2-3,6,8,13-14H,4-5,7,9-11H2,1H3,(H,17,19)/t13-,14-/m1/s1. The van der Waals surface area contributed by atoms with Crippen LogP contribution in [-0.2, 0) is 21.2 Å². The molecule has 1 saturated heterocycles. The Morgan fingerprint density at radius 2 is 2.13 bits per heavy atom. The molecule has 126 valence electrons. The van der Waals surface area contributed by atoms with E-state index in [9.17, 15) is 13.2 Å². The first kappa shape index (κ1) is 16.3. The summed E-state index contributed by atoms with van der Waals surface area (Å²) in [5, 5.41) is 2.86. The average Bonchev–Trinajstić information content (AvgIpc) is 2.94. The smallest absolute Gasteiger partial charge is 0.238 e. The monoisotopic (exact) mass is 338 g/mol. The summed E-state index contributed by atoms with van der Waals surface area (Å²) in [6, 6.07) is 7.23. The van der Waals surface area contributed by atoms with E-state index in [2.05, 4.69) is 5.32 Å². The molecular formula is C16H22N2O4S. The van der Waals surface area contributed by atoms with Crippen LogP contribution in [0.3, 0.4) is 0 Å². The summed E-state index contributed by atoms with van der Waals surface area (Å²) in [5.74, 6) is 0.636. The van der Waals surface area contributed by atoms with Crippen molar-refractivity contribution in [1.82, 2.24) is 9.62 Å². The number of carbonyl (C=O) groups is 1. The molecule has 0 aliphatic carbocycles. The van der Waals surface area contributed by atoms with E-state index in [4.69, 9.17) is 4.74 Å². The number of amides is 1. The number of hydrogen-bond acceptors (Lipinski definition) is 4. The SMILES string of the molecule is CS(=O)(=O)N1CCCC[C@@H]1C(=O)NC[C@H]1Cc2ccccc2O1. The zero-order valence-electron chi connectivity index (χ0n) is 13.2. The molecule has 23 heavy (non-hydrogen) atoms. The van der Waals surface area contributed by atoms with E-state index in [0.29, 0.717) is 19.5 Å². The van der Waals surface area contributed by atoms with Crippen LogP contribution in [-0.4, -0.2) is 50.1 Å². The van der Waals surface area contributed by atoms with Gasteiger partial charge in [-0.15, -0.1) is 0 Å². The van der Waals surface area contributed by atoms with Crippen molar-refractivity contribution in [3.05, 3.63) is 29.8 Å². The number of sulfonamides is 1. The summed E-state index contributed by atoms with van der Waals surface area (Å²) >= 11 is 0. The van der Waals surface area contributed by atoms with Gasteiger partial charge in [0.1, 0.15) is 17.9 Å². The number of ether oxygens (including phenoxy) is 1. The molecule has 0 saturated carbocycles. The first-order valence-electron chi connectivity index (χ1n) is 7.94. The third-order valence-electron chi connectivity index (χ3n) is 4.40.